The predicted molar refractivity (Wildman–Crippen MR) is 58.4 cm³/mol. The molecule has 0 aliphatic carbocycles. The topological polar surface area (TPSA) is 65.8 Å². The Balaban J connectivity index is 3.01. The molecule has 0 aliphatic rings. The molecule has 0 radical (unpaired) electrons. The van der Waals surface area contributed by atoms with Crippen LogP contribution in [0.5, 0.6) is 0 Å². The summed E-state index contributed by atoms with van der Waals surface area (Å²) in [5.41, 5.74) is 9.05. The number of nitrogens with zero attached hydrogens (tertiary/aromatic N) is 3. The van der Waals surface area contributed by atoms with Gasteiger partial charge in [-0.1, -0.05) is 23.3 Å². The standard InChI is InChI=1S/C9H12N3OP/c1-14(2,13)9-5-3-4-8(6-9)7-11-12-10/h3-6H,7H2,1-2H3. The second kappa shape index (κ2) is 4.32. The van der Waals surface area contributed by atoms with E-state index in [-0.39, 0.29) is 0 Å². The molecule has 0 heterocycles. The molecule has 0 fully saturated rings. The third kappa shape index (κ3) is 2.91. The molecular formula is C9H12N3OP. The van der Waals surface area contributed by atoms with Crippen LogP contribution in [-0.2, 0) is 11.1 Å². The Hall–Kier alpha value is -1.24. The maximum atomic E-state index is 11.7. The highest BCUT2D eigenvalue weighted by atomic mass is 31.2. The van der Waals surface area contributed by atoms with Gasteiger partial charge in [0.15, 0.2) is 0 Å². The Morgan fingerprint density at radius 2 is 2.21 bits per heavy atom. The van der Waals surface area contributed by atoms with E-state index in [2.05, 4.69) is 10.0 Å². The minimum atomic E-state index is -2.21. The van der Waals surface area contributed by atoms with Crippen LogP contribution >= 0.6 is 7.14 Å². The van der Waals surface area contributed by atoms with E-state index < -0.39 is 7.14 Å². The fraction of sp³-hybridized carbons (Fsp3) is 0.333. The summed E-state index contributed by atoms with van der Waals surface area (Å²) in [4.78, 5) is 2.68. The van der Waals surface area contributed by atoms with Crippen LogP contribution in [0.15, 0.2) is 29.4 Å². The highest BCUT2D eigenvalue weighted by molar-refractivity contribution is 7.70. The van der Waals surface area contributed by atoms with E-state index in [0.29, 0.717) is 6.54 Å². The summed E-state index contributed by atoms with van der Waals surface area (Å²) in [5, 5.41) is 4.28. The largest absolute Gasteiger partial charge is 0.319 e. The molecule has 0 spiro atoms. The molecule has 0 saturated heterocycles. The van der Waals surface area contributed by atoms with E-state index >= 15 is 0 Å². The second-order valence-corrected chi connectivity index (χ2v) is 6.63. The van der Waals surface area contributed by atoms with E-state index in [4.69, 9.17) is 5.53 Å². The summed E-state index contributed by atoms with van der Waals surface area (Å²) in [5.74, 6) is 0. The average molecular weight is 209 g/mol. The number of azide groups is 1. The lowest BCUT2D eigenvalue weighted by Gasteiger charge is -2.07. The Kier molecular flexibility index (Phi) is 3.34. The van der Waals surface area contributed by atoms with Crippen molar-refractivity contribution in [3.63, 3.8) is 0 Å². The molecule has 5 heteroatoms. The summed E-state index contributed by atoms with van der Waals surface area (Å²) in [7, 11) is -2.21. The molecular weight excluding hydrogens is 197 g/mol. The van der Waals surface area contributed by atoms with Gasteiger partial charge in [0.25, 0.3) is 0 Å². The molecule has 1 aromatic carbocycles. The van der Waals surface area contributed by atoms with Gasteiger partial charge in [0.05, 0.1) is 6.54 Å². The van der Waals surface area contributed by atoms with E-state index in [9.17, 15) is 4.57 Å². The van der Waals surface area contributed by atoms with Crippen molar-refractivity contribution in [2.24, 2.45) is 5.11 Å². The quantitative estimate of drug-likeness (QED) is 0.326. The molecule has 1 rings (SSSR count). The van der Waals surface area contributed by atoms with Crippen LogP contribution in [0.1, 0.15) is 5.56 Å². The summed E-state index contributed by atoms with van der Waals surface area (Å²) < 4.78 is 11.7. The van der Waals surface area contributed by atoms with Gasteiger partial charge in [-0.2, -0.15) is 0 Å². The first-order valence-electron chi connectivity index (χ1n) is 4.19. The number of rotatable bonds is 3. The van der Waals surface area contributed by atoms with E-state index in [1.807, 2.05) is 24.3 Å². The van der Waals surface area contributed by atoms with Crippen LogP contribution in [0.4, 0.5) is 0 Å². The van der Waals surface area contributed by atoms with Crippen LogP contribution in [0.2, 0.25) is 0 Å². The summed E-state index contributed by atoms with van der Waals surface area (Å²) >= 11 is 0. The minimum Gasteiger partial charge on any atom is -0.319 e. The van der Waals surface area contributed by atoms with Gasteiger partial charge in [-0.25, -0.2) is 0 Å². The third-order valence-corrected chi connectivity index (χ3v) is 3.37. The SMILES string of the molecule is CP(C)(=O)c1cccc(CN=[N+]=[N-])c1. The maximum Gasteiger partial charge on any atom is 0.109 e. The fourth-order valence-corrected chi connectivity index (χ4v) is 2.02. The zero-order chi connectivity index (χ0) is 10.6. The Morgan fingerprint density at radius 1 is 1.50 bits per heavy atom. The smallest absolute Gasteiger partial charge is 0.109 e. The predicted octanol–water partition coefficient (Wildman–Crippen LogP) is 2.74. The second-order valence-electron chi connectivity index (χ2n) is 3.41. The summed E-state index contributed by atoms with van der Waals surface area (Å²) in [6.45, 7) is 3.75. The first kappa shape index (κ1) is 10.8. The van der Waals surface area contributed by atoms with Crippen molar-refractivity contribution in [1.29, 1.82) is 0 Å². The zero-order valence-electron chi connectivity index (χ0n) is 8.21. The molecule has 0 aliphatic heterocycles. The molecule has 0 aromatic heterocycles. The average Bonchev–Trinajstić information content (AvgIpc) is 2.14. The number of hydrogen-bond donors (Lipinski definition) is 0. The van der Waals surface area contributed by atoms with Gasteiger partial charge < -0.3 is 4.57 Å². The van der Waals surface area contributed by atoms with Crippen LogP contribution in [0.3, 0.4) is 0 Å². The van der Waals surface area contributed by atoms with Gasteiger partial charge >= 0.3 is 0 Å². The third-order valence-electron chi connectivity index (χ3n) is 1.85. The van der Waals surface area contributed by atoms with Gasteiger partial charge in [0, 0.05) is 10.2 Å². The molecule has 0 saturated carbocycles. The van der Waals surface area contributed by atoms with Gasteiger partial charge in [0.1, 0.15) is 7.14 Å². The van der Waals surface area contributed by atoms with Crippen molar-refractivity contribution in [2.45, 2.75) is 6.54 Å². The number of benzene rings is 1. The lowest BCUT2D eigenvalue weighted by molar-refractivity contribution is 0.588. The van der Waals surface area contributed by atoms with Crippen LogP contribution in [0, 0.1) is 0 Å². The van der Waals surface area contributed by atoms with Gasteiger partial charge in [0.2, 0.25) is 0 Å². The van der Waals surface area contributed by atoms with Crippen LogP contribution in [-0.4, -0.2) is 13.3 Å². The Morgan fingerprint density at radius 3 is 2.79 bits per heavy atom. The van der Waals surface area contributed by atoms with Crippen LogP contribution < -0.4 is 5.30 Å². The molecule has 74 valence electrons. The lowest BCUT2D eigenvalue weighted by Crippen LogP contribution is -2.03. The van der Waals surface area contributed by atoms with Crippen molar-refractivity contribution in [1.82, 2.24) is 0 Å². The fourth-order valence-electron chi connectivity index (χ4n) is 1.10. The van der Waals surface area contributed by atoms with Gasteiger partial charge in [-0.05, 0) is 30.5 Å². The monoisotopic (exact) mass is 209 g/mol. The number of hydrogen-bond acceptors (Lipinski definition) is 2. The van der Waals surface area contributed by atoms with E-state index in [0.717, 1.165) is 10.9 Å². The molecule has 0 bridgehead atoms. The highest BCUT2D eigenvalue weighted by Crippen LogP contribution is 2.34. The molecule has 14 heavy (non-hydrogen) atoms. The zero-order valence-corrected chi connectivity index (χ0v) is 9.11. The summed E-state index contributed by atoms with van der Waals surface area (Å²) in [6, 6.07) is 7.35. The van der Waals surface area contributed by atoms with Gasteiger partial charge in [-0.15, -0.1) is 0 Å². The molecule has 1 aromatic rings. The highest BCUT2D eigenvalue weighted by Gasteiger charge is 2.10. The Bertz CT molecular complexity index is 418. The van der Waals surface area contributed by atoms with E-state index in [1.165, 1.54) is 0 Å². The normalized spacial score (nSPS) is 10.7. The van der Waals surface area contributed by atoms with Crippen molar-refractivity contribution < 1.29 is 4.57 Å². The molecule has 0 unspecified atom stereocenters. The minimum absolute atomic E-state index is 0.310. The summed E-state index contributed by atoms with van der Waals surface area (Å²) in [6.07, 6.45) is 0. The van der Waals surface area contributed by atoms with Crippen molar-refractivity contribution in [3.8, 4) is 0 Å². The lowest BCUT2D eigenvalue weighted by atomic mass is 10.2. The Labute approximate surface area is 82.9 Å². The van der Waals surface area contributed by atoms with Crippen molar-refractivity contribution >= 4 is 12.4 Å². The van der Waals surface area contributed by atoms with Crippen molar-refractivity contribution in [3.05, 3.63) is 40.3 Å². The maximum absolute atomic E-state index is 11.7. The first-order chi connectivity index (χ1) is 6.54. The van der Waals surface area contributed by atoms with Crippen LogP contribution in [0.25, 0.3) is 10.4 Å². The first-order valence-corrected chi connectivity index (χ1v) is 6.79. The van der Waals surface area contributed by atoms with E-state index in [1.54, 1.807) is 13.3 Å². The molecule has 0 N–H and O–H groups in total. The molecule has 0 atom stereocenters. The molecule has 4 nitrogen and oxygen atoms in total. The molecule has 0 amide bonds. The van der Waals surface area contributed by atoms with Crippen molar-refractivity contribution in [2.75, 3.05) is 13.3 Å². The van der Waals surface area contributed by atoms with Gasteiger partial charge in [-0.3, -0.25) is 0 Å².